The normalized spacial score (nSPS) is 15.3. The molecule has 1 aliphatic rings. The second-order valence-electron chi connectivity index (χ2n) is 6.09. The van der Waals surface area contributed by atoms with Crippen molar-refractivity contribution in [3.63, 3.8) is 0 Å². The summed E-state index contributed by atoms with van der Waals surface area (Å²) in [5.74, 6) is 0.299. The monoisotopic (exact) mass is 517 g/mol. The van der Waals surface area contributed by atoms with Crippen LogP contribution in [0.3, 0.4) is 0 Å². The molecule has 0 spiro atoms. The van der Waals surface area contributed by atoms with Gasteiger partial charge < -0.3 is 4.74 Å². The summed E-state index contributed by atoms with van der Waals surface area (Å²) in [5.41, 5.74) is 1.88. The smallest absolute Gasteiger partial charge is 0.290 e. The molecule has 0 saturated carbocycles. The SMILES string of the molecule is O=C1NC(=O)/C(=C/c2cc(Br)c(OCc3cccc4ccccc34)c(Br)c2)S1. The quantitative estimate of drug-likeness (QED) is 0.413. The van der Waals surface area contributed by atoms with Crippen molar-refractivity contribution in [2.75, 3.05) is 0 Å². The van der Waals surface area contributed by atoms with Gasteiger partial charge in [0.15, 0.2) is 0 Å². The van der Waals surface area contributed by atoms with Crippen molar-refractivity contribution in [3.8, 4) is 5.75 Å². The van der Waals surface area contributed by atoms with E-state index in [9.17, 15) is 9.59 Å². The predicted molar refractivity (Wildman–Crippen MR) is 119 cm³/mol. The van der Waals surface area contributed by atoms with Crippen molar-refractivity contribution in [2.45, 2.75) is 6.61 Å². The molecular formula is C21H13Br2NO3S. The summed E-state index contributed by atoms with van der Waals surface area (Å²) in [6.07, 6.45) is 1.68. The van der Waals surface area contributed by atoms with Gasteiger partial charge in [0.1, 0.15) is 12.4 Å². The number of nitrogens with one attached hydrogen (secondary N) is 1. The van der Waals surface area contributed by atoms with Crippen LogP contribution in [0.2, 0.25) is 0 Å². The molecule has 1 fully saturated rings. The summed E-state index contributed by atoms with van der Waals surface area (Å²) >= 11 is 7.97. The number of benzene rings is 3. The lowest BCUT2D eigenvalue weighted by Crippen LogP contribution is -2.17. The number of hydrogen-bond acceptors (Lipinski definition) is 4. The van der Waals surface area contributed by atoms with Crippen LogP contribution in [0.1, 0.15) is 11.1 Å². The first-order valence-corrected chi connectivity index (χ1v) is 10.7. The summed E-state index contributed by atoms with van der Waals surface area (Å²) < 4.78 is 7.58. The summed E-state index contributed by atoms with van der Waals surface area (Å²) in [6, 6.07) is 18.1. The Morgan fingerprint density at radius 2 is 1.71 bits per heavy atom. The fourth-order valence-corrected chi connectivity index (χ4v) is 5.07. The van der Waals surface area contributed by atoms with Gasteiger partial charge in [0.2, 0.25) is 0 Å². The first-order chi connectivity index (χ1) is 13.5. The predicted octanol–water partition coefficient (Wildman–Crippen LogP) is 6.27. The Balaban J connectivity index is 1.58. The van der Waals surface area contributed by atoms with Gasteiger partial charge in [0.05, 0.1) is 13.9 Å². The lowest BCUT2D eigenvalue weighted by molar-refractivity contribution is -0.115. The number of thioether (sulfide) groups is 1. The lowest BCUT2D eigenvalue weighted by atomic mass is 10.1. The second-order valence-corrected chi connectivity index (χ2v) is 8.82. The molecule has 140 valence electrons. The van der Waals surface area contributed by atoms with Crippen molar-refractivity contribution in [2.24, 2.45) is 0 Å². The molecule has 1 N–H and O–H groups in total. The van der Waals surface area contributed by atoms with E-state index in [4.69, 9.17) is 4.74 Å². The summed E-state index contributed by atoms with van der Waals surface area (Å²) in [7, 11) is 0. The Hall–Kier alpha value is -2.09. The molecule has 0 atom stereocenters. The number of hydrogen-bond donors (Lipinski definition) is 1. The highest BCUT2D eigenvalue weighted by Crippen LogP contribution is 2.37. The molecule has 4 rings (SSSR count). The number of ether oxygens (including phenoxy) is 1. The van der Waals surface area contributed by atoms with Crippen molar-refractivity contribution < 1.29 is 14.3 Å². The van der Waals surface area contributed by atoms with Crippen molar-refractivity contribution in [1.82, 2.24) is 5.32 Å². The lowest BCUT2D eigenvalue weighted by Gasteiger charge is -2.13. The van der Waals surface area contributed by atoms with Crippen LogP contribution in [-0.4, -0.2) is 11.1 Å². The highest BCUT2D eigenvalue weighted by Gasteiger charge is 2.25. The number of carbonyl (C=O) groups is 2. The molecule has 1 aliphatic heterocycles. The average molecular weight is 519 g/mol. The van der Waals surface area contributed by atoms with Gasteiger partial charge in [-0.25, -0.2) is 0 Å². The summed E-state index contributed by atoms with van der Waals surface area (Å²) in [5, 5.41) is 4.22. The van der Waals surface area contributed by atoms with Gasteiger partial charge in [-0.05, 0) is 83.7 Å². The van der Waals surface area contributed by atoms with Crippen LogP contribution in [-0.2, 0) is 11.4 Å². The largest absolute Gasteiger partial charge is 0.487 e. The molecular weight excluding hydrogens is 506 g/mol. The van der Waals surface area contributed by atoms with Crippen LogP contribution < -0.4 is 10.1 Å². The zero-order chi connectivity index (χ0) is 19.7. The van der Waals surface area contributed by atoms with E-state index in [-0.39, 0.29) is 11.1 Å². The molecule has 0 radical (unpaired) electrons. The standard InChI is InChI=1S/C21H13Br2NO3S/c22-16-8-12(10-18-20(25)24-21(26)28-18)9-17(23)19(16)27-11-14-6-3-5-13-4-1-2-7-15(13)14/h1-10H,11H2,(H,24,25,26)/b18-10-. The van der Waals surface area contributed by atoms with E-state index in [1.165, 1.54) is 5.39 Å². The van der Waals surface area contributed by atoms with Crippen LogP contribution in [0.4, 0.5) is 4.79 Å². The van der Waals surface area contributed by atoms with Crippen LogP contribution in [0.25, 0.3) is 16.8 Å². The van der Waals surface area contributed by atoms with Crippen LogP contribution in [0.15, 0.2) is 68.4 Å². The molecule has 3 aromatic carbocycles. The van der Waals surface area contributed by atoms with Gasteiger partial charge in [0.25, 0.3) is 11.1 Å². The molecule has 0 unspecified atom stereocenters. The number of amides is 2. The Morgan fingerprint density at radius 1 is 1.00 bits per heavy atom. The fraction of sp³-hybridized carbons (Fsp3) is 0.0476. The minimum Gasteiger partial charge on any atom is -0.487 e. The number of imide groups is 1. The number of fused-ring (bicyclic) bond motifs is 1. The summed E-state index contributed by atoms with van der Waals surface area (Å²) in [4.78, 5) is 23.4. The maximum Gasteiger partial charge on any atom is 0.290 e. The van der Waals surface area contributed by atoms with Crippen LogP contribution >= 0.6 is 43.6 Å². The minimum atomic E-state index is -0.376. The van der Waals surface area contributed by atoms with Crippen molar-refractivity contribution >= 4 is 71.6 Å². The van der Waals surface area contributed by atoms with Crippen LogP contribution in [0, 0.1) is 0 Å². The Kier molecular flexibility index (Phi) is 5.57. The van der Waals surface area contributed by atoms with Gasteiger partial charge in [-0.2, -0.15) is 0 Å². The summed E-state index contributed by atoms with van der Waals surface area (Å²) in [6.45, 7) is 0.422. The third-order valence-electron chi connectivity index (χ3n) is 4.21. The van der Waals surface area contributed by atoms with Gasteiger partial charge >= 0.3 is 0 Å². The second kappa shape index (κ2) is 8.11. The van der Waals surface area contributed by atoms with Crippen LogP contribution in [0.5, 0.6) is 5.75 Å². The van der Waals surface area contributed by atoms with Crippen molar-refractivity contribution in [1.29, 1.82) is 0 Å². The first kappa shape index (κ1) is 19.2. The molecule has 0 aromatic heterocycles. The Bertz CT molecular complexity index is 1120. The van der Waals surface area contributed by atoms with E-state index >= 15 is 0 Å². The molecule has 7 heteroatoms. The molecule has 1 saturated heterocycles. The zero-order valence-corrected chi connectivity index (χ0v) is 18.4. The zero-order valence-electron chi connectivity index (χ0n) is 14.4. The molecule has 2 amide bonds. The van der Waals surface area contributed by atoms with Gasteiger partial charge in [0, 0.05) is 0 Å². The van der Waals surface area contributed by atoms with Gasteiger partial charge in [-0.1, -0.05) is 42.5 Å². The maximum absolute atomic E-state index is 11.7. The molecule has 1 heterocycles. The fourth-order valence-electron chi connectivity index (χ4n) is 2.94. The Labute approximate surface area is 182 Å². The van der Waals surface area contributed by atoms with E-state index in [1.54, 1.807) is 6.08 Å². The first-order valence-electron chi connectivity index (χ1n) is 8.34. The number of rotatable bonds is 4. The van der Waals surface area contributed by atoms with E-state index in [0.29, 0.717) is 17.3 Å². The van der Waals surface area contributed by atoms with E-state index in [0.717, 1.165) is 37.2 Å². The van der Waals surface area contributed by atoms with E-state index in [1.807, 2.05) is 30.3 Å². The minimum absolute atomic E-state index is 0.357. The third-order valence-corrected chi connectivity index (χ3v) is 6.20. The number of halogens is 2. The maximum atomic E-state index is 11.7. The molecule has 4 nitrogen and oxygen atoms in total. The topological polar surface area (TPSA) is 55.4 Å². The van der Waals surface area contributed by atoms with Gasteiger partial charge in [-0.15, -0.1) is 0 Å². The van der Waals surface area contributed by atoms with E-state index in [2.05, 4.69) is 61.4 Å². The molecule has 3 aromatic rings. The molecule has 28 heavy (non-hydrogen) atoms. The molecule has 0 aliphatic carbocycles. The van der Waals surface area contributed by atoms with Crippen molar-refractivity contribution in [3.05, 3.63) is 79.6 Å². The molecule has 0 bridgehead atoms. The average Bonchev–Trinajstić information content (AvgIpc) is 2.98. The third kappa shape index (κ3) is 4.01. The highest BCUT2D eigenvalue weighted by molar-refractivity contribution is 9.11. The Morgan fingerprint density at radius 3 is 2.43 bits per heavy atom. The highest BCUT2D eigenvalue weighted by atomic mass is 79.9. The van der Waals surface area contributed by atoms with Gasteiger partial charge in [-0.3, -0.25) is 14.9 Å². The van der Waals surface area contributed by atoms with E-state index < -0.39 is 0 Å². The number of carbonyl (C=O) groups excluding carboxylic acids is 2.